The molecule has 2 aromatic rings. The fourth-order valence-corrected chi connectivity index (χ4v) is 4.45. The third-order valence-corrected chi connectivity index (χ3v) is 6.41. The molecule has 170 valence electrons. The normalized spacial score (nSPS) is 17.6. The van der Waals surface area contributed by atoms with Crippen molar-refractivity contribution in [1.82, 2.24) is 15.5 Å². The zero-order valence-corrected chi connectivity index (χ0v) is 18.6. The maximum Gasteiger partial charge on any atom is 0.317 e. The Morgan fingerprint density at radius 3 is 2.16 bits per heavy atom. The van der Waals surface area contributed by atoms with Crippen molar-refractivity contribution in [2.75, 3.05) is 13.1 Å². The van der Waals surface area contributed by atoms with E-state index < -0.39 is 0 Å². The molecule has 1 aliphatic carbocycles. The Hall–Kier alpha value is -3.02. The van der Waals surface area contributed by atoms with Crippen LogP contribution < -0.4 is 15.4 Å². The van der Waals surface area contributed by atoms with Crippen molar-refractivity contribution in [1.29, 1.82) is 0 Å². The average Bonchev–Trinajstić information content (AvgIpc) is 2.85. The van der Waals surface area contributed by atoms with E-state index in [2.05, 4.69) is 10.6 Å². The molecule has 3 amide bonds. The van der Waals surface area contributed by atoms with E-state index in [0.29, 0.717) is 31.3 Å². The van der Waals surface area contributed by atoms with E-state index in [0.717, 1.165) is 37.0 Å². The van der Waals surface area contributed by atoms with Crippen molar-refractivity contribution in [3.05, 3.63) is 65.7 Å². The van der Waals surface area contributed by atoms with E-state index in [1.54, 1.807) is 12.1 Å². The van der Waals surface area contributed by atoms with Crippen molar-refractivity contribution < 1.29 is 14.3 Å². The Labute approximate surface area is 190 Å². The number of benzene rings is 2. The van der Waals surface area contributed by atoms with Crippen LogP contribution in [-0.2, 0) is 6.61 Å². The van der Waals surface area contributed by atoms with E-state index in [4.69, 9.17) is 4.74 Å². The summed E-state index contributed by atoms with van der Waals surface area (Å²) in [6, 6.07) is 17.7. The van der Waals surface area contributed by atoms with Crippen LogP contribution in [0.15, 0.2) is 54.6 Å². The van der Waals surface area contributed by atoms with Gasteiger partial charge in [0.2, 0.25) is 0 Å². The molecule has 2 N–H and O–H groups in total. The number of ether oxygens (including phenoxy) is 1. The van der Waals surface area contributed by atoms with E-state index in [1.165, 1.54) is 19.3 Å². The van der Waals surface area contributed by atoms with Crippen LogP contribution in [-0.4, -0.2) is 42.0 Å². The van der Waals surface area contributed by atoms with Crippen LogP contribution in [0.3, 0.4) is 0 Å². The van der Waals surface area contributed by atoms with Crippen molar-refractivity contribution in [3.8, 4) is 5.75 Å². The standard InChI is InChI=1S/C26H33N3O3/c30-25(21-11-13-24(14-12-21)32-19-20-7-3-1-4-8-20)27-23-15-17-29(18-16-23)26(31)28-22-9-5-2-6-10-22/h1,3-4,7-8,11-14,22-23H,2,5-6,9-10,15-19H2,(H,27,30)(H,28,31). The summed E-state index contributed by atoms with van der Waals surface area (Å²) in [4.78, 5) is 27.0. The zero-order valence-electron chi connectivity index (χ0n) is 18.6. The van der Waals surface area contributed by atoms with Crippen LogP contribution >= 0.6 is 0 Å². The second-order valence-corrected chi connectivity index (χ2v) is 8.82. The summed E-state index contributed by atoms with van der Waals surface area (Å²) in [5.74, 6) is 0.660. The quantitative estimate of drug-likeness (QED) is 0.702. The summed E-state index contributed by atoms with van der Waals surface area (Å²) in [6.45, 7) is 1.85. The van der Waals surface area contributed by atoms with Crippen LogP contribution in [0.1, 0.15) is 60.9 Å². The lowest BCUT2D eigenvalue weighted by Gasteiger charge is -2.34. The number of carbonyl (C=O) groups excluding carboxylic acids is 2. The van der Waals surface area contributed by atoms with Crippen molar-refractivity contribution in [2.45, 2.75) is 63.6 Å². The molecule has 1 aliphatic heterocycles. The first-order valence-electron chi connectivity index (χ1n) is 11.8. The van der Waals surface area contributed by atoms with E-state index in [-0.39, 0.29) is 18.0 Å². The maximum absolute atomic E-state index is 12.6. The molecule has 6 nitrogen and oxygen atoms in total. The molecule has 6 heteroatoms. The van der Waals surface area contributed by atoms with Crippen LogP contribution in [0.2, 0.25) is 0 Å². The highest BCUT2D eigenvalue weighted by Crippen LogP contribution is 2.19. The van der Waals surface area contributed by atoms with E-state index in [9.17, 15) is 9.59 Å². The van der Waals surface area contributed by atoms with Crippen molar-refractivity contribution in [2.24, 2.45) is 0 Å². The average molecular weight is 436 g/mol. The molecule has 0 aromatic heterocycles. The molecule has 1 heterocycles. The predicted octanol–water partition coefficient (Wildman–Crippen LogP) is 4.50. The third-order valence-electron chi connectivity index (χ3n) is 6.41. The van der Waals surface area contributed by atoms with Gasteiger partial charge in [-0.05, 0) is 55.5 Å². The van der Waals surface area contributed by atoms with Crippen molar-refractivity contribution in [3.63, 3.8) is 0 Å². The molecule has 0 unspecified atom stereocenters. The Bertz CT molecular complexity index is 871. The minimum atomic E-state index is -0.0790. The highest BCUT2D eigenvalue weighted by molar-refractivity contribution is 5.94. The number of urea groups is 1. The molecule has 2 aromatic carbocycles. The van der Waals surface area contributed by atoms with Gasteiger partial charge in [-0.1, -0.05) is 49.6 Å². The van der Waals surface area contributed by atoms with Crippen LogP contribution in [0, 0.1) is 0 Å². The molecule has 0 bridgehead atoms. The first kappa shape index (κ1) is 22.2. The molecule has 2 fully saturated rings. The lowest BCUT2D eigenvalue weighted by atomic mass is 9.95. The summed E-state index contributed by atoms with van der Waals surface area (Å²) in [6.07, 6.45) is 7.44. The summed E-state index contributed by atoms with van der Waals surface area (Å²) in [5, 5.41) is 6.30. The molecule has 0 spiro atoms. The molecular weight excluding hydrogens is 402 g/mol. The molecule has 4 rings (SSSR count). The lowest BCUT2D eigenvalue weighted by Crippen LogP contribution is -2.51. The summed E-state index contributed by atoms with van der Waals surface area (Å²) in [7, 11) is 0. The third kappa shape index (κ3) is 6.25. The van der Waals surface area contributed by atoms with E-state index in [1.807, 2.05) is 47.4 Å². The van der Waals surface area contributed by atoms with Gasteiger partial charge in [0.15, 0.2) is 0 Å². The van der Waals surface area contributed by atoms with Gasteiger partial charge in [-0.3, -0.25) is 4.79 Å². The Morgan fingerprint density at radius 1 is 0.812 bits per heavy atom. The largest absolute Gasteiger partial charge is 0.489 e. The highest BCUT2D eigenvalue weighted by atomic mass is 16.5. The van der Waals surface area contributed by atoms with Gasteiger partial charge >= 0.3 is 6.03 Å². The van der Waals surface area contributed by atoms with Crippen molar-refractivity contribution >= 4 is 11.9 Å². The molecule has 1 saturated carbocycles. The monoisotopic (exact) mass is 435 g/mol. The number of likely N-dealkylation sites (tertiary alicyclic amines) is 1. The molecule has 0 radical (unpaired) electrons. The lowest BCUT2D eigenvalue weighted by molar-refractivity contribution is 0.0917. The maximum atomic E-state index is 12.6. The minimum absolute atomic E-state index is 0.0489. The zero-order chi connectivity index (χ0) is 22.2. The van der Waals surface area contributed by atoms with Gasteiger partial charge in [0.25, 0.3) is 5.91 Å². The van der Waals surface area contributed by atoms with Gasteiger partial charge in [-0.15, -0.1) is 0 Å². The fourth-order valence-electron chi connectivity index (χ4n) is 4.45. The van der Waals surface area contributed by atoms with Crippen LogP contribution in [0.25, 0.3) is 0 Å². The molecular formula is C26H33N3O3. The minimum Gasteiger partial charge on any atom is -0.489 e. The Kier molecular flexibility index (Phi) is 7.64. The Balaban J connectivity index is 1.19. The first-order valence-corrected chi connectivity index (χ1v) is 11.8. The van der Waals surface area contributed by atoms with Crippen LogP contribution in [0.4, 0.5) is 4.79 Å². The van der Waals surface area contributed by atoms with E-state index >= 15 is 0 Å². The highest BCUT2D eigenvalue weighted by Gasteiger charge is 2.26. The second-order valence-electron chi connectivity index (χ2n) is 8.82. The SMILES string of the molecule is O=C(NC1CCN(C(=O)NC2CCCCC2)CC1)c1ccc(OCc2ccccc2)cc1. The second kappa shape index (κ2) is 11.0. The summed E-state index contributed by atoms with van der Waals surface area (Å²) >= 11 is 0. The van der Waals surface area contributed by atoms with Gasteiger partial charge in [0.05, 0.1) is 0 Å². The number of nitrogens with zero attached hydrogens (tertiary/aromatic N) is 1. The van der Waals surface area contributed by atoms with Gasteiger partial charge in [-0.2, -0.15) is 0 Å². The topological polar surface area (TPSA) is 70.7 Å². The fraction of sp³-hybridized carbons (Fsp3) is 0.462. The first-order chi connectivity index (χ1) is 15.7. The molecule has 32 heavy (non-hydrogen) atoms. The number of rotatable bonds is 6. The summed E-state index contributed by atoms with van der Waals surface area (Å²) < 4.78 is 5.79. The van der Waals surface area contributed by atoms with Gasteiger partial charge in [-0.25, -0.2) is 4.79 Å². The number of hydrogen-bond donors (Lipinski definition) is 2. The number of nitrogens with one attached hydrogen (secondary N) is 2. The Morgan fingerprint density at radius 2 is 1.47 bits per heavy atom. The number of piperidine rings is 1. The van der Waals surface area contributed by atoms with Gasteiger partial charge in [0.1, 0.15) is 12.4 Å². The molecule has 1 saturated heterocycles. The molecule has 0 atom stereocenters. The number of amides is 3. The molecule has 2 aliphatic rings. The smallest absolute Gasteiger partial charge is 0.317 e. The number of hydrogen-bond acceptors (Lipinski definition) is 3. The van der Waals surface area contributed by atoms with Gasteiger partial charge in [0, 0.05) is 30.7 Å². The predicted molar refractivity (Wildman–Crippen MR) is 125 cm³/mol. The van der Waals surface area contributed by atoms with Gasteiger partial charge < -0.3 is 20.3 Å². The summed E-state index contributed by atoms with van der Waals surface area (Å²) in [5.41, 5.74) is 1.72. The van der Waals surface area contributed by atoms with Crippen LogP contribution in [0.5, 0.6) is 5.75 Å². The number of carbonyl (C=O) groups is 2.